The van der Waals surface area contributed by atoms with Crippen molar-refractivity contribution in [2.45, 2.75) is 38.4 Å². The number of hydrogen-bond donors (Lipinski definition) is 2. The van der Waals surface area contributed by atoms with Crippen LogP contribution >= 0.6 is 0 Å². The first-order valence-corrected chi connectivity index (χ1v) is 5.21. The highest BCUT2D eigenvalue weighted by molar-refractivity contribution is 5.02. The van der Waals surface area contributed by atoms with E-state index in [2.05, 4.69) is 4.90 Å². The van der Waals surface area contributed by atoms with Crippen molar-refractivity contribution in [3.05, 3.63) is 0 Å². The third-order valence-electron chi connectivity index (χ3n) is 3.48. The van der Waals surface area contributed by atoms with Crippen molar-refractivity contribution < 1.29 is 10.2 Å². The van der Waals surface area contributed by atoms with Gasteiger partial charge in [0, 0.05) is 13.1 Å². The largest absolute Gasteiger partial charge is 0.392 e. The summed E-state index contributed by atoms with van der Waals surface area (Å²) < 4.78 is 0. The van der Waals surface area contributed by atoms with Crippen molar-refractivity contribution in [1.29, 1.82) is 0 Å². The number of nitrogens with zero attached hydrogens (tertiary/aromatic N) is 1. The van der Waals surface area contributed by atoms with Crippen LogP contribution in [0.4, 0.5) is 0 Å². The third kappa shape index (κ3) is 1.87. The van der Waals surface area contributed by atoms with Gasteiger partial charge in [0.25, 0.3) is 0 Å². The molecule has 2 rings (SSSR count). The fraction of sp³-hybridized carbons (Fsp3) is 1.00. The quantitative estimate of drug-likeness (QED) is 0.646. The molecule has 2 N–H and O–H groups in total. The highest BCUT2D eigenvalue weighted by atomic mass is 16.3. The number of piperidine rings is 1. The lowest BCUT2D eigenvalue weighted by Crippen LogP contribution is -2.47. The minimum atomic E-state index is -0.277. The van der Waals surface area contributed by atoms with E-state index in [-0.39, 0.29) is 17.6 Å². The standard InChI is InChI=1S/C10H19NO2/c1-8(12)6-11-5-4-10(2-3-10)9(13)7-11/h8-9,12-13H,2-7H2,1H3/t8-,9-/m1/s1. The second kappa shape index (κ2) is 3.23. The smallest absolute Gasteiger partial charge is 0.0723 e. The molecule has 0 aromatic carbocycles. The Balaban J connectivity index is 1.84. The minimum absolute atomic E-state index is 0.153. The summed E-state index contributed by atoms with van der Waals surface area (Å²) >= 11 is 0. The zero-order valence-electron chi connectivity index (χ0n) is 8.24. The molecule has 76 valence electrons. The van der Waals surface area contributed by atoms with Gasteiger partial charge in [0.15, 0.2) is 0 Å². The first-order valence-electron chi connectivity index (χ1n) is 5.21. The molecule has 1 spiro atoms. The number of aliphatic hydroxyl groups excluding tert-OH is 2. The maximum Gasteiger partial charge on any atom is 0.0723 e. The van der Waals surface area contributed by atoms with Crippen molar-refractivity contribution in [3.8, 4) is 0 Å². The summed E-state index contributed by atoms with van der Waals surface area (Å²) in [5.41, 5.74) is 0.287. The van der Waals surface area contributed by atoms with E-state index in [0.29, 0.717) is 6.54 Å². The topological polar surface area (TPSA) is 43.7 Å². The van der Waals surface area contributed by atoms with Gasteiger partial charge in [-0.3, -0.25) is 4.90 Å². The molecule has 1 saturated carbocycles. The van der Waals surface area contributed by atoms with Crippen LogP contribution in [0.25, 0.3) is 0 Å². The summed E-state index contributed by atoms with van der Waals surface area (Å²) in [6.45, 7) is 4.30. The van der Waals surface area contributed by atoms with E-state index in [1.807, 2.05) is 0 Å². The second-order valence-corrected chi connectivity index (χ2v) is 4.74. The molecule has 2 fully saturated rings. The lowest BCUT2D eigenvalue weighted by atomic mass is 9.90. The van der Waals surface area contributed by atoms with Gasteiger partial charge in [-0.15, -0.1) is 0 Å². The first kappa shape index (κ1) is 9.44. The maximum atomic E-state index is 9.86. The molecule has 0 radical (unpaired) electrons. The zero-order valence-corrected chi connectivity index (χ0v) is 8.24. The Labute approximate surface area is 79.4 Å². The molecule has 0 bridgehead atoms. The zero-order chi connectivity index (χ0) is 9.47. The fourth-order valence-electron chi connectivity index (χ4n) is 2.36. The van der Waals surface area contributed by atoms with Gasteiger partial charge in [0.2, 0.25) is 0 Å². The average molecular weight is 185 g/mol. The van der Waals surface area contributed by atoms with Crippen LogP contribution in [-0.2, 0) is 0 Å². The molecule has 0 aromatic heterocycles. The van der Waals surface area contributed by atoms with E-state index in [4.69, 9.17) is 0 Å². The van der Waals surface area contributed by atoms with Crippen molar-refractivity contribution in [3.63, 3.8) is 0 Å². The molecule has 3 nitrogen and oxygen atoms in total. The number of aliphatic hydroxyl groups is 2. The highest BCUT2D eigenvalue weighted by Gasteiger charge is 2.51. The highest BCUT2D eigenvalue weighted by Crippen LogP contribution is 2.53. The first-order chi connectivity index (χ1) is 6.12. The molecule has 2 atom stereocenters. The van der Waals surface area contributed by atoms with Crippen molar-refractivity contribution in [2.75, 3.05) is 19.6 Å². The number of likely N-dealkylation sites (tertiary alicyclic amines) is 1. The molecule has 1 aliphatic carbocycles. The predicted octanol–water partition coefficient (Wildman–Crippen LogP) is 0.214. The number of β-amino-alcohol motifs (C(OH)–C–C–N with tert-alkyl or cyclic N) is 2. The van der Waals surface area contributed by atoms with E-state index >= 15 is 0 Å². The van der Waals surface area contributed by atoms with Crippen LogP contribution in [0, 0.1) is 5.41 Å². The van der Waals surface area contributed by atoms with Gasteiger partial charge >= 0.3 is 0 Å². The van der Waals surface area contributed by atoms with Crippen molar-refractivity contribution in [2.24, 2.45) is 5.41 Å². The predicted molar refractivity (Wildman–Crippen MR) is 50.4 cm³/mol. The normalized spacial score (nSPS) is 34.8. The van der Waals surface area contributed by atoms with Gasteiger partial charge in [-0.2, -0.15) is 0 Å². The Morgan fingerprint density at radius 3 is 2.62 bits per heavy atom. The van der Waals surface area contributed by atoms with Gasteiger partial charge in [0.1, 0.15) is 0 Å². The Kier molecular flexibility index (Phi) is 2.34. The van der Waals surface area contributed by atoms with E-state index in [0.717, 1.165) is 19.5 Å². The molecule has 1 aliphatic heterocycles. The summed E-state index contributed by atoms with van der Waals surface area (Å²) in [5, 5.41) is 19.1. The van der Waals surface area contributed by atoms with Crippen LogP contribution in [0.2, 0.25) is 0 Å². The molecule has 0 aromatic rings. The second-order valence-electron chi connectivity index (χ2n) is 4.74. The molecule has 3 heteroatoms. The van der Waals surface area contributed by atoms with Gasteiger partial charge in [0.05, 0.1) is 12.2 Å². The van der Waals surface area contributed by atoms with Crippen LogP contribution in [-0.4, -0.2) is 47.0 Å². The van der Waals surface area contributed by atoms with Crippen molar-refractivity contribution in [1.82, 2.24) is 4.90 Å². The molecule has 13 heavy (non-hydrogen) atoms. The molecule has 2 aliphatic rings. The van der Waals surface area contributed by atoms with E-state index in [1.165, 1.54) is 12.8 Å². The maximum absolute atomic E-state index is 9.86. The van der Waals surface area contributed by atoms with Crippen molar-refractivity contribution >= 4 is 0 Å². The lowest BCUT2D eigenvalue weighted by Gasteiger charge is -2.36. The van der Waals surface area contributed by atoms with Crippen LogP contribution in [0.5, 0.6) is 0 Å². The molecular weight excluding hydrogens is 166 g/mol. The summed E-state index contributed by atoms with van der Waals surface area (Å²) in [5.74, 6) is 0. The summed E-state index contributed by atoms with van der Waals surface area (Å²) in [7, 11) is 0. The third-order valence-corrected chi connectivity index (χ3v) is 3.48. The number of hydrogen-bond acceptors (Lipinski definition) is 3. The van der Waals surface area contributed by atoms with Gasteiger partial charge in [-0.1, -0.05) is 0 Å². The van der Waals surface area contributed by atoms with Gasteiger partial charge < -0.3 is 10.2 Å². The molecule has 0 amide bonds. The van der Waals surface area contributed by atoms with Crippen LogP contribution in [0.15, 0.2) is 0 Å². The summed E-state index contributed by atoms with van der Waals surface area (Å²) in [4.78, 5) is 2.17. The Bertz CT molecular complexity index is 189. The SMILES string of the molecule is C[C@@H](O)CN1CCC2(CC2)[C@H](O)C1. The minimum Gasteiger partial charge on any atom is -0.392 e. The lowest BCUT2D eigenvalue weighted by molar-refractivity contribution is -0.00548. The van der Waals surface area contributed by atoms with Crippen LogP contribution in [0.3, 0.4) is 0 Å². The Morgan fingerprint density at radius 2 is 2.15 bits per heavy atom. The average Bonchev–Trinajstić information content (AvgIpc) is 2.78. The van der Waals surface area contributed by atoms with Crippen LogP contribution < -0.4 is 0 Å². The molecule has 1 saturated heterocycles. The van der Waals surface area contributed by atoms with E-state index < -0.39 is 0 Å². The molecule has 0 unspecified atom stereocenters. The monoisotopic (exact) mass is 185 g/mol. The summed E-state index contributed by atoms with van der Waals surface area (Å²) in [6.07, 6.45) is 3.09. The summed E-state index contributed by atoms with van der Waals surface area (Å²) in [6, 6.07) is 0. The fourth-order valence-corrected chi connectivity index (χ4v) is 2.36. The van der Waals surface area contributed by atoms with Crippen LogP contribution in [0.1, 0.15) is 26.2 Å². The van der Waals surface area contributed by atoms with E-state index in [9.17, 15) is 10.2 Å². The molecular formula is C10H19NO2. The van der Waals surface area contributed by atoms with Gasteiger partial charge in [-0.05, 0) is 38.1 Å². The number of rotatable bonds is 2. The van der Waals surface area contributed by atoms with E-state index in [1.54, 1.807) is 6.92 Å². The Morgan fingerprint density at radius 1 is 1.46 bits per heavy atom. The van der Waals surface area contributed by atoms with Gasteiger partial charge in [-0.25, -0.2) is 0 Å². The molecule has 1 heterocycles. The Hall–Kier alpha value is -0.120.